The van der Waals surface area contributed by atoms with Gasteiger partial charge in [-0.15, -0.1) is 0 Å². The lowest BCUT2D eigenvalue weighted by Crippen LogP contribution is -2.05. The molecule has 2 aromatic rings. The standard InChI is InChI=1S/C15H7Cl5F3NO2/c16-9-4-8(5-10(17)13(9)25-2-1-12(19)20)26-14-11(18)3-7(6-24-14)15(21,22)23/h1,3-6H,2H2. The van der Waals surface area contributed by atoms with Crippen LogP contribution in [-0.2, 0) is 6.18 Å². The highest BCUT2D eigenvalue weighted by Gasteiger charge is 2.31. The third kappa shape index (κ3) is 5.72. The molecular weight excluding hydrogens is 460 g/mol. The predicted molar refractivity (Wildman–Crippen MR) is 96.1 cm³/mol. The van der Waals surface area contributed by atoms with Gasteiger partial charge in [0, 0.05) is 18.3 Å². The molecule has 2 rings (SSSR count). The Morgan fingerprint density at radius 2 is 1.65 bits per heavy atom. The van der Waals surface area contributed by atoms with E-state index < -0.39 is 11.7 Å². The molecule has 0 bridgehead atoms. The van der Waals surface area contributed by atoms with Gasteiger partial charge < -0.3 is 9.47 Å². The van der Waals surface area contributed by atoms with Gasteiger partial charge in [0.1, 0.15) is 21.9 Å². The molecule has 0 saturated heterocycles. The molecule has 26 heavy (non-hydrogen) atoms. The quantitative estimate of drug-likeness (QED) is 0.455. The molecule has 0 atom stereocenters. The van der Waals surface area contributed by atoms with Crippen LogP contribution in [0.2, 0.25) is 15.1 Å². The lowest BCUT2D eigenvalue weighted by Gasteiger charge is -2.12. The summed E-state index contributed by atoms with van der Waals surface area (Å²) in [6, 6.07) is 3.38. The fraction of sp³-hybridized carbons (Fsp3) is 0.133. The Morgan fingerprint density at radius 3 is 2.15 bits per heavy atom. The number of benzene rings is 1. The van der Waals surface area contributed by atoms with Crippen molar-refractivity contribution < 1.29 is 22.6 Å². The predicted octanol–water partition coefficient (Wildman–Crippen LogP) is 7.55. The van der Waals surface area contributed by atoms with Crippen LogP contribution in [0, 0.1) is 0 Å². The van der Waals surface area contributed by atoms with E-state index in [1.807, 2.05) is 0 Å². The minimum absolute atomic E-state index is 0.0141. The number of alkyl halides is 3. The fourth-order valence-corrected chi connectivity index (χ4v) is 2.60. The Balaban J connectivity index is 2.22. The Morgan fingerprint density at radius 1 is 1.04 bits per heavy atom. The second-order valence-corrected chi connectivity index (χ2v) is 6.86. The van der Waals surface area contributed by atoms with Crippen molar-refractivity contribution >= 4 is 58.0 Å². The van der Waals surface area contributed by atoms with Gasteiger partial charge in [0.25, 0.3) is 0 Å². The zero-order valence-electron chi connectivity index (χ0n) is 12.4. The summed E-state index contributed by atoms with van der Waals surface area (Å²) in [6.07, 6.45) is -2.59. The van der Waals surface area contributed by atoms with E-state index in [0.717, 1.165) is 0 Å². The molecule has 1 heterocycles. The van der Waals surface area contributed by atoms with Crippen molar-refractivity contribution in [2.24, 2.45) is 0 Å². The molecule has 0 aliphatic rings. The Kier molecular flexibility index (Phi) is 7.16. The van der Waals surface area contributed by atoms with Gasteiger partial charge in [-0.05, 0) is 12.1 Å². The molecule has 140 valence electrons. The molecule has 0 fully saturated rings. The third-order valence-electron chi connectivity index (χ3n) is 2.79. The summed E-state index contributed by atoms with van der Waals surface area (Å²) < 4.78 is 48.5. The second-order valence-electron chi connectivity index (χ2n) is 4.63. The highest BCUT2D eigenvalue weighted by atomic mass is 35.5. The molecule has 0 radical (unpaired) electrons. The molecule has 0 aliphatic carbocycles. The van der Waals surface area contributed by atoms with Crippen molar-refractivity contribution in [3.63, 3.8) is 0 Å². The molecule has 0 aliphatic heterocycles. The van der Waals surface area contributed by atoms with Gasteiger partial charge in [-0.3, -0.25) is 0 Å². The Labute approximate surface area is 171 Å². The minimum Gasteiger partial charge on any atom is -0.486 e. The number of hydrogen-bond donors (Lipinski definition) is 0. The summed E-state index contributed by atoms with van der Waals surface area (Å²) in [7, 11) is 0. The molecule has 0 N–H and O–H groups in total. The van der Waals surface area contributed by atoms with Gasteiger partial charge in [-0.25, -0.2) is 4.98 Å². The summed E-state index contributed by atoms with van der Waals surface area (Å²) in [4.78, 5) is 3.56. The van der Waals surface area contributed by atoms with E-state index in [1.165, 1.54) is 18.2 Å². The molecule has 3 nitrogen and oxygen atoms in total. The minimum atomic E-state index is -4.57. The lowest BCUT2D eigenvalue weighted by molar-refractivity contribution is -0.137. The monoisotopic (exact) mass is 465 g/mol. The van der Waals surface area contributed by atoms with Gasteiger partial charge in [0.15, 0.2) is 5.75 Å². The van der Waals surface area contributed by atoms with Gasteiger partial charge in [-0.2, -0.15) is 13.2 Å². The van der Waals surface area contributed by atoms with Gasteiger partial charge in [-0.1, -0.05) is 58.0 Å². The van der Waals surface area contributed by atoms with Gasteiger partial charge in [0.05, 0.1) is 15.6 Å². The molecule has 0 spiro atoms. The Hall–Kier alpha value is -1.05. The van der Waals surface area contributed by atoms with E-state index in [4.69, 9.17) is 67.5 Å². The van der Waals surface area contributed by atoms with Gasteiger partial charge in [0.2, 0.25) is 5.88 Å². The molecule has 11 heteroatoms. The summed E-state index contributed by atoms with van der Waals surface area (Å²) in [5.74, 6) is 0.0164. The zero-order valence-corrected chi connectivity index (χ0v) is 16.2. The first kappa shape index (κ1) is 21.3. The molecule has 0 saturated carbocycles. The van der Waals surface area contributed by atoms with Crippen molar-refractivity contribution in [3.8, 4) is 17.4 Å². The highest BCUT2D eigenvalue weighted by Crippen LogP contribution is 2.40. The van der Waals surface area contributed by atoms with Crippen LogP contribution in [-0.4, -0.2) is 11.6 Å². The maximum absolute atomic E-state index is 12.6. The number of aromatic nitrogens is 1. The van der Waals surface area contributed by atoms with E-state index >= 15 is 0 Å². The zero-order chi connectivity index (χ0) is 19.5. The van der Waals surface area contributed by atoms with Crippen molar-refractivity contribution in [1.29, 1.82) is 0 Å². The summed E-state index contributed by atoms with van der Waals surface area (Å²) in [5.41, 5.74) is -0.999. The number of halogens is 8. The average Bonchev–Trinajstić information content (AvgIpc) is 2.50. The number of pyridine rings is 1. The van der Waals surface area contributed by atoms with Crippen molar-refractivity contribution in [3.05, 3.63) is 55.6 Å². The smallest absolute Gasteiger partial charge is 0.417 e. The Bertz CT molecular complexity index is 816. The molecule has 1 aromatic heterocycles. The summed E-state index contributed by atoms with van der Waals surface area (Å²) in [5, 5.41) is -0.140. The van der Waals surface area contributed by atoms with E-state index in [-0.39, 0.29) is 43.5 Å². The maximum atomic E-state index is 12.6. The largest absolute Gasteiger partial charge is 0.486 e. The first-order chi connectivity index (χ1) is 12.1. The van der Waals surface area contributed by atoms with Crippen LogP contribution in [0.25, 0.3) is 0 Å². The van der Waals surface area contributed by atoms with Crippen LogP contribution in [0.5, 0.6) is 17.4 Å². The van der Waals surface area contributed by atoms with Crippen molar-refractivity contribution in [2.45, 2.75) is 6.18 Å². The molecule has 1 aromatic carbocycles. The van der Waals surface area contributed by atoms with Crippen molar-refractivity contribution in [1.82, 2.24) is 4.98 Å². The van der Waals surface area contributed by atoms with Crippen LogP contribution in [0.1, 0.15) is 5.56 Å². The highest BCUT2D eigenvalue weighted by molar-refractivity contribution is 6.55. The van der Waals surface area contributed by atoms with Crippen LogP contribution >= 0.6 is 58.0 Å². The van der Waals surface area contributed by atoms with Crippen LogP contribution in [0.3, 0.4) is 0 Å². The number of hydrogen-bond acceptors (Lipinski definition) is 3. The average molecular weight is 467 g/mol. The number of ether oxygens (including phenoxy) is 2. The van der Waals surface area contributed by atoms with E-state index in [2.05, 4.69) is 4.98 Å². The fourth-order valence-electron chi connectivity index (χ4n) is 1.69. The van der Waals surface area contributed by atoms with E-state index in [0.29, 0.717) is 12.3 Å². The molecular formula is C15H7Cl5F3NO2. The molecule has 0 amide bonds. The van der Waals surface area contributed by atoms with E-state index in [9.17, 15) is 13.2 Å². The van der Waals surface area contributed by atoms with Gasteiger partial charge >= 0.3 is 6.18 Å². The van der Waals surface area contributed by atoms with Crippen molar-refractivity contribution in [2.75, 3.05) is 6.61 Å². The molecule has 0 unspecified atom stereocenters. The first-order valence-electron chi connectivity index (χ1n) is 6.61. The third-order valence-corrected chi connectivity index (χ3v) is 3.93. The number of nitrogens with zero attached hydrogens (tertiary/aromatic N) is 1. The SMILES string of the molecule is FC(F)(F)c1cnc(Oc2cc(Cl)c(OCC=C(Cl)Cl)c(Cl)c2)c(Cl)c1. The summed E-state index contributed by atoms with van der Waals surface area (Å²) >= 11 is 28.8. The summed E-state index contributed by atoms with van der Waals surface area (Å²) in [6.45, 7) is 0.0221. The first-order valence-corrected chi connectivity index (χ1v) is 8.50. The number of rotatable bonds is 5. The lowest BCUT2D eigenvalue weighted by atomic mass is 10.3. The van der Waals surface area contributed by atoms with Crippen LogP contribution in [0.15, 0.2) is 35.0 Å². The topological polar surface area (TPSA) is 31.4 Å². The van der Waals surface area contributed by atoms with Crippen LogP contribution in [0.4, 0.5) is 13.2 Å². The van der Waals surface area contributed by atoms with Crippen LogP contribution < -0.4 is 9.47 Å². The maximum Gasteiger partial charge on any atom is 0.417 e. The van der Waals surface area contributed by atoms with E-state index in [1.54, 1.807) is 0 Å². The second kappa shape index (κ2) is 8.76. The normalized spacial score (nSPS) is 11.2.